The van der Waals surface area contributed by atoms with Crippen molar-refractivity contribution in [2.75, 3.05) is 13.2 Å². The van der Waals surface area contributed by atoms with Crippen LogP contribution < -0.4 is 15.8 Å². The summed E-state index contributed by atoms with van der Waals surface area (Å²) >= 11 is 1.31. The van der Waals surface area contributed by atoms with Crippen LogP contribution >= 0.6 is 11.3 Å². The van der Waals surface area contributed by atoms with Crippen LogP contribution in [0.3, 0.4) is 0 Å². The number of thiazole rings is 1. The summed E-state index contributed by atoms with van der Waals surface area (Å²) in [6.07, 6.45) is 3.59. The van der Waals surface area contributed by atoms with Crippen molar-refractivity contribution in [3.05, 3.63) is 64.4 Å². The molecule has 0 aliphatic heterocycles. The van der Waals surface area contributed by atoms with Crippen LogP contribution in [0.4, 0.5) is 0 Å². The molecule has 9 nitrogen and oxygen atoms in total. The Kier molecular flexibility index (Phi) is 7.50. The quantitative estimate of drug-likeness (QED) is 0.209. The second-order valence-corrected chi connectivity index (χ2v) is 7.90. The van der Waals surface area contributed by atoms with E-state index in [0.717, 1.165) is 10.6 Å². The van der Waals surface area contributed by atoms with Gasteiger partial charge in [-0.2, -0.15) is 0 Å². The highest BCUT2D eigenvalue weighted by atomic mass is 32.1. The minimum Gasteiger partial charge on any atom is -0.491 e. The molecule has 0 aliphatic carbocycles. The second kappa shape index (κ2) is 10.5. The molecule has 1 amide bonds. The van der Waals surface area contributed by atoms with Gasteiger partial charge in [-0.3, -0.25) is 20.0 Å². The summed E-state index contributed by atoms with van der Waals surface area (Å²) in [5.74, 6) is -0.821. The van der Waals surface area contributed by atoms with E-state index in [1.165, 1.54) is 11.3 Å². The standard InChI is InChI=1S/C22H23N5O4S/c1-13-19(32-22(27-13)15-6-8-25-9-7-15)21(30)26-10-11-31-17-12-16(20(23)24)3-2-14(17)4-5-18(28)29/h2-3,6-9,12H,4-5,10-11H2,1H3,(H3,23,24)(H,26,30)(H,28,29). The lowest BCUT2D eigenvalue weighted by Crippen LogP contribution is -2.28. The van der Waals surface area contributed by atoms with Gasteiger partial charge in [0.15, 0.2) is 0 Å². The third-order valence-corrected chi connectivity index (χ3v) is 5.77. The molecule has 0 unspecified atom stereocenters. The van der Waals surface area contributed by atoms with Gasteiger partial charge in [0.2, 0.25) is 0 Å². The number of amidine groups is 1. The number of nitrogens with two attached hydrogens (primary N) is 1. The van der Waals surface area contributed by atoms with Crippen molar-refractivity contribution < 1.29 is 19.4 Å². The molecule has 0 aliphatic rings. The molecule has 166 valence electrons. The fraction of sp³-hybridized carbons (Fsp3) is 0.227. The smallest absolute Gasteiger partial charge is 0.303 e. The van der Waals surface area contributed by atoms with Crippen LogP contribution in [0.25, 0.3) is 10.6 Å². The monoisotopic (exact) mass is 453 g/mol. The first-order valence-corrected chi connectivity index (χ1v) is 10.6. The van der Waals surface area contributed by atoms with Crippen molar-refractivity contribution in [3.8, 4) is 16.3 Å². The lowest BCUT2D eigenvalue weighted by Gasteiger charge is -2.13. The van der Waals surface area contributed by atoms with Crippen LogP contribution in [0.5, 0.6) is 5.75 Å². The Labute approximate surface area is 188 Å². The van der Waals surface area contributed by atoms with Gasteiger partial charge in [0, 0.05) is 29.9 Å². The molecule has 10 heteroatoms. The predicted molar refractivity (Wildman–Crippen MR) is 121 cm³/mol. The molecule has 1 aromatic carbocycles. The Morgan fingerprint density at radius 2 is 2.00 bits per heavy atom. The predicted octanol–water partition coefficient (Wildman–Crippen LogP) is 2.62. The maximum Gasteiger partial charge on any atom is 0.303 e. The number of nitrogens with zero attached hydrogens (tertiary/aromatic N) is 2. The molecule has 3 rings (SSSR count). The number of carbonyl (C=O) groups is 2. The average molecular weight is 454 g/mol. The number of carboxylic acid groups (broad SMARTS) is 1. The van der Waals surface area contributed by atoms with Gasteiger partial charge < -0.3 is 20.9 Å². The summed E-state index contributed by atoms with van der Waals surface area (Å²) in [7, 11) is 0. The Morgan fingerprint density at radius 3 is 2.69 bits per heavy atom. The molecule has 0 saturated heterocycles. The number of hydrogen-bond acceptors (Lipinski definition) is 7. The number of hydrogen-bond donors (Lipinski definition) is 4. The van der Waals surface area contributed by atoms with Crippen molar-refractivity contribution >= 4 is 29.0 Å². The summed E-state index contributed by atoms with van der Waals surface area (Å²) in [5.41, 5.74) is 8.26. The molecule has 0 fully saturated rings. The number of amides is 1. The molecule has 0 atom stereocenters. The first kappa shape index (κ1) is 22.9. The van der Waals surface area contributed by atoms with Gasteiger partial charge in [-0.05, 0) is 37.1 Å². The highest BCUT2D eigenvalue weighted by Crippen LogP contribution is 2.27. The minimum absolute atomic E-state index is 0.0447. The number of benzene rings is 1. The summed E-state index contributed by atoms with van der Waals surface area (Å²) < 4.78 is 5.77. The van der Waals surface area contributed by atoms with E-state index in [1.807, 2.05) is 12.1 Å². The normalized spacial score (nSPS) is 10.5. The first-order valence-electron chi connectivity index (χ1n) is 9.83. The molecule has 0 spiro atoms. The number of rotatable bonds is 10. The lowest BCUT2D eigenvalue weighted by molar-refractivity contribution is -0.136. The highest BCUT2D eigenvalue weighted by molar-refractivity contribution is 7.17. The van der Waals surface area contributed by atoms with E-state index in [0.29, 0.717) is 27.4 Å². The Balaban J connectivity index is 1.61. The van der Waals surface area contributed by atoms with Crippen LogP contribution in [-0.4, -0.2) is 45.9 Å². The first-order chi connectivity index (χ1) is 15.3. The Morgan fingerprint density at radius 1 is 1.25 bits per heavy atom. The number of aliphatic carboxylic acids is 1. The van der Waals surface area contributed by atoms with Gasteiger partial charge in [0.1, 0.15) is 28.1 Å². The summed E-state index contributed by atoms with van der Waals surface area (Å²) in [6.45, 7) is 2.19. The molecular weight excluding hydrogens is 430 g/mol. The van der Waals surface area contributed by atoms with Crippen molar-refractivity contribution in [3.63, 3.8) is 0 Å². The molecule has 32 heavy (non-hydrogen) atoms. The molecule has 0 bridgehead atoms. The van der Waals surface area contributed by atoms with Gasteiger partial charge in [-0.15, -0.1) is 11.3 Å². The average Bonchev–Trinajstić information content (AvgIpc) is 3.17. The summed E-state index contributed by atoms with van der Waals surface area (Å²) in [5, 5.41) is 20.1. The van der Waals surface area contributed by atoms with Gasteiger partial charge in [0.05, 0.1) is 12.2 Å². The maximum atomic E-state index is 12.6. The van der Waals surface area contributed by atoms with Crippen molar-refractivity contribution in [1.29, 1.82) is 5.41 Å². The number of pyridine rings is 1. The number of ether oxygens (including phenoxy) is 1. The van der Waals surface area contributed by atoms with E-state index < -0.39 is 5.97 Å². The van der Waals surface area contributed by atoms with Crippen LogP contribution in [0.1, 0.15) is 32.9 Å². The molecule has 0 saturated carbocycles. The van der Waals surface area contributed by atoms with Gasteiger partial charge in [0.25, 0.3) is 5.91 Å². The van der Waals surface area contributed by atoms with E-state index >= 15 is 0 Å². The van der Waals surface area contributed by atoms with Crippen molar-refractivity contribution in [2.45, 2.75) is 19.8 Å². The molecule has 5 N–H and O–H groups in total. The molecule has 3 aromatic rings. The topological polar surface area (TPSA) is 151 Å². The lowest BCUT2D eigenvalue weighted by atomic mass is 10.1. The van der Waals surface area contributed by atoms with Crippen molar-refractivity contribution in [1.82, 2.24) is 15.3 Å². The Bertz CT molecular complexity index is 1130. The van der Waals surface area contributed by atoms with Crippen LogP contribution in [0.2, 0.25) is 0 Å². The van der Waals surface area contributed by atoms with E-state index in [9.17, 15) is 9.59 Å². The SMILES string of the molecule is Cc1nc(-c2ccncc2)sc1C(=O)NCCOc1cc(C(=N)N)ccc1CCC(=O)O. The van der Waals surface area contributed by atoms with E-state index in [-0.39, 0.29) is 37.7 Å². The summed E-state index contributed by atoms with van der Waals surface area (Å²) in [4.78, 5) is 32.5. The van der Waals surface area contributed by atoms with E-state index in [4.69, 9.17) is 21.0 Å². The number of carbonyl (C=O) groups excluding carboxylic acids is 1. The van der Waals surface area contributed by atoms with Gasteiger partial charge in [-0.25, -0.2) is 4.98 Å². The minimum atomic E-state index is -0.912. The zero-order valence-electron chi connectivity index (χ0n) is 17.4. The maximum absolute atomic E-state index is 12.6. The zero-order valence-corrected chi connectivity index (χ0v) is 18.2. The van der Waals surface area contributed by atoms with Crippen LogP contribution in [0, 0.1) is 12.3 Å². The third kappa shape index (κ3) is 5.88. The van der Waals surface area contributed by atoms with Crippen molar-refractivity contribution in [2.24, 2.45) is 5.73 Å². The third-order valence-electron chi connectivity index (χ3n) is 4.56. The Hall–Kier alpha value is -3.79. The van der Waals surface area contributed by atoms with E-state index in [1.54, 1.807) is 37.5 Å². The van der Waals surface area contributed by atoms with Gasteiger partial charge in [-0.1, -0.05) is 12.1 Å². The fourth-order valence-corrected chi connectivity index (χ4v) is 3.92. The number of nitrogens with one attached hydrogen (secondary N) is 2. The number of nitrogen functional groups attached to an aromatic ring is 1. The molecular formula is C22H23N5O4S. The van der Waals surface area contributed by atoms with Gasteiger partial charge >= 0.3 is 5.97 Å². The molecule has 0 radical (unpaired) electrons. The van der Waals surface area contributed by atoms with Crippen LogP contribution in [0.15, 0.2) is 42.7 Å². The number of aromatic nitrogens is 2. The molecule has 2 heterocycles. The largest absolute Gasteiger partial charge is 0.491 e. The number of carboxylic acids is 1. The zero-order chi connectivity index (χ0) is 23.1. The number of aryl methyl sites for hydroxylation is 2. The summed E-state index contributed by atoms with van der Waals surface area (Å²) in [6, 6.07) is 8.64. The fourth-order valence-electron chi connectivity index (χ4n) is 2.94. The van der Waals surface area contributed by atoms with E-state index in [2.05, 4.69) is 15.3 Å². The molecule has 2 aromatic heterocycles. The highest BCUT2D eigenvalue weighted by Gasteiger charge is 2.16. The van der Waals surface area contributed by atoms with Crippen LogP contribution in [-0.2, 0) is 11.2 Å². The second-order valence-electron chi connectivity index (χ2n) is 6.90.